The van der Waals surface area contributed by atoms with Crippen molar-refractivity contribution in [2.75, 3.05) is 6.54 Å². The second-order valence-electron chi connectivity index (χ2n) is 3.52. The van der Waals surface area contributed by atoms with Gasteiger partial charge in [-0.25, -0.2) is 13.6 Å². The van der Waals surface area contributed by atoms with E-state index in [9.17, 15) is 18.4 Å². The molecule has 1 rings (SSSR count). The van der Waals surface area contributed by atoms with Gasteiger partial charge >= 0.3 is 5.97 Å². The molecule has 0 spiro atoms. The van der Waals surface area contributed by atoms with E-state index >= 15 is 0 Å². The summed E-state index contributed by atoms with van der Waals surface area (Å²) in [5, 5.41) is 19.5. The minimum atomic E-state index is -1.59. The number of hydrogen-bond acceptors (Lipinski definition) is 3. The van der Waals surface area contributed by atoms with E-state index in [0.29, 0.717) is 6.07 Å². The second-order valence-corrected chi connectivity index (χ2v) is 3.52. The van der Waals surface area contributed by atoms with Crippen LogP contribution in [0.25, 0.3) is 0 Å². The molecule has 0 saturated carbocycles. The molecule has 98 valence electrons. The summed E-state index contributed by atoms with van der Waals surface area (Å²) >= 11 is 0. The maximum absolute atomic E-state index is 13.2. The molecule has 0 aliphatic rings. The molecule has 3 N–H and O–H groups in total. The number of carboxylic acid groups (broad SMARTS) is 1. The minimum absolute atomic E-state index is 0.136. The fourth-order valence-corrected chi connectivity index (χ4v) is 1.21. The SMILES string of the molecule is O=C(NCCC(O)C(=O)O)c1ccc(F)cc1F. The fourth-order valence-electron chi connectivity index (χ4n) is 1.21. The summed E-state index contributed by atoms with van der Waals surface area (Å²) in [5.41, 5.74) is -0.346. The van der Waals surface area contributed by atoms with Gasteiger partial charge in [-0.3, -0.25) is 4.79 Å². The van der Waals surface area contributed by atoms with Crippen LogP contribution in [0.1, 0.15) is 16.8 Å². The lowest BCUT2D eigenvalue weighted by Gasteiger charge is -2.08. The Balaban J connectivity index is 2.53. The number of aliphatic hydroxyl groups excluding tert-OH is 1. The van der Waals surface area contributed by atoms with Gasteiger partial charge in [0.25, 0.3) is 5.91 Å². The lowest BCUT2D eigenvalue weighted by atomic mass is 10.2. The van der Waals surface area contributed by atoms with E-state index in [0.717, 1.165) is 12.1 Å². The number of halogens is 2. The van der Waals surface area contributed by atoms with Crippen molar-refractivity contribution < 1.29 is 28.6 Å². The Hall–Kier alpha value is -2.02. The van der Waals surface area contributed by atoms with Crippen molar-refractivity contribution >= 4 is 11.9 Å². The first-order valence-electron chi connectivity index (χ1n) is 5.06. The first-order chi connectivity index (χ1) is 8.41. The van der Waals surface area contributed by atoms with Crippen LogP contribution in [0.2, 0.25) is 0 Å². The van der Waals surface area contributed by atoms with Crippen molar-refractivity contribution in [3.8, 4) is 0 Å². The van der Waals surface area contributed by atoms with Crippen LogP contribution in [0.4, 0.5) is 8.78 Å². The maximum Gasteiger partial charge on any atom is 0.332 e. The van der Waals surface area contributed by atoms with Gasteiger partial charge in [0.15, 0.2) is 6.10 Å². The Labute approximate surface area is 101 Å². The minimum Gasteiger partial charge on any atom is -0.479 e. The van der Waals surface area contributed by atoms with Crippen LogP contribution in [-0.2, 0) is 4.79 Å². The molecular weight excluding hydrogens is 248 g/mol. The molecule has 1 unspecified atom stereocenters. The Kier molecular flexibility index (Phi) is 4.73. The van der Waals surface area contributed by atoms with E-state index in [1.807, 2.05) is 0 Å². The molecule has 1 aromatic carbocycles. The first kappa shape index (κ1) is 14.0. The highest BCUT2D eigenvalue weighted by molar-refractivity contribution is 5.94. The molecule has 1 amide bonds. The van der Waals surface area contributed by atoms with Crippen LogP contribution in [0.15, 0.2) is 18.2 Å². The highest BCUT2D eigenvalue weighted by Gasteiger charge is 2.15. The Bertz CT molecular complexity index is 464. The number of aliphatic hydroxyl groups is 1. The molecule has 1 atom stereocenters. The predicted octanol–water partition coefficient (Wildman–Crippen LogP) is 0.530. The Morgan fingerprint density at radius 2 is 2.00 bits per heavy atom. The van der Waals surface area contributed by atoms with Crippen LogP contribution in [0, 0.1) is 11.6 Å². The molecule has 0 radical (unpaired) electrons. The van der Waals surface area contributed by atoms with Gasteiger partial charge in [-0.15, -0.1) is 0 Å². The van der Waals surface area contributed by atoms with Gasteiger partial charge < -0.3 is 15.5 Å². The normalized spacial score (nSPS) is 11.9. The van der Waals surface area contributed by atoms with Crippen LogP contribution in [0.3, 0.4) is 0 Å². The van der Waals surface area contributed by atoms with Crippen molar-refractivity contribution in [1.82, 2.24) is 5.32 Å². The van der Waals surface area contributed by atoms with E-state index in [1.54, 1.807) is 0 Å². The zero-order valence-corrected chi connectivity index (χ0v) is 9.19. The van der Waals surface area contributed by atoms with Crippen molar-refractivity contribution in [3.63, 3.8) is 0 Å². The summed E-state index contributed by atoms with van der Waals surface area (Å²) in [4.78, 5) is 21.7. The zero-order valence-electron chi connectivity index (χ0n) is 9.19. The van der Waals surface area contributed by atoms with Gasteiger partial charge in [-0.1, -0.05) is 0 Å². The lowest BCUT2D eigenvalue weighted by molar-refractivity contribution is -0.146. The van der Waals surface area contributed by atoms with Gasteiger partial charge in [0.1, 0.15) is 11.6 Å². The molecule has 0 bridgehead atoms. The van der Waals surface area contributed by atoms with Gasteiger partial charge in [0.05, 0.1) is 5.56 Å². The lowest BCUT2D eigenvalue weighted by Crippen LogP contribution is -2.30. The average Bonchev–Trinajstić information content (AvgIpc) is 2.28. The first-order valence-corrected chi connectivity index (χ1v) is 5.06. The average molecular weight is 259 g/mol. The van der Waals surface area contributed by atoms with E-state index < -0.39 is 29.6 Å². The van der Waals surface area contributed by atoms with Crippen LogP contribution < -0.4 is 5.32 Å². The zero-order chi connectivity index (χ0) is 13.7. The summed E-state index contributed by atoms with van der Waals surface area (Å²) in [6.45, 7) is -0.136. The molecule has 0 fully saturated rings. The number of carboxylic acids is 1. The van der Waals surface area contributed by atoms with Gasteiger partial charge in [0.2, 0.25) is 0 Å². The third-order valence-corrected chi connectivity index (χ3v) is 2.16. The number of carbonyl (C=O) groups is 2. The van der Waals surface area contributed by atoms with E-state index in [-0.39, 0.29) is 18.5 Å². The molecule has 7 heteroatoms. The van der Waals surface area contributed by atoms with Crippen molar-refractivity contribution in [2.24, 2.45) is 0 Å². The summed E-state index contributed by atoms with van der Waals surface area (Å²) in [7, 11) is 0. The number of nitrogens with one attached hydrogen (secondary N) is 1. The number of carbonyl (C=O) groups excluding carboxylic acids is 1. The standard InChI is InChI=1S/C11H11F2NO4/c12-6-1-2-7(8(13)5-6)10(16)14-4-3-9(15)11(17)18/h1-2,5,9,15H,3-4H2,(H,14,16)(H,17,18). The summed E-state index contributed by atoms with van der Waals surface area (Å²) in [6.07, 6.45) is -1.80. The third-order valence-electron chi connectivity index (χ3n) is 2.16. The Morgan fingerprint density at radius 3 is 2.56 bits per heavy atom. The number of aliphatic carboxylic acids is 1. The topological polar surface area (TPSA) is 86.6 Å². The molecule has 18 heavy (non-hydrogen) atoms. The summed E-state index contributed by atoms with van der Waals surface area (Å²) < 4.78 is 25.8. The van der Waals surface area contributed by atoms with E-state index in [2.05, 4.69) is 5.32 Å². The van der Waals surface area contributed by atoms with Crippen molar-refractivity contribution in [2.45, 2.75) is 12.5 Å². The molecule has 0 heterocycles. The quantitative estimate of drug-likeness (QED) is 0.720. The number of benzene rings is 1. The highest BCUT2D eigenvalue weighted by atomic mass is 19.1. The van der Waals surface area contributed by atoms with Crippen LogP contribution in [-0.4, -0.2) is 34.7 Å². The number of rotatable bonds is 5. The van der Waals surface area contributed by atoms with Crippen LogP contribution in [0.5, 0.6) is 0 Å². The highest BCUT2D eigenvalue weighted by Crippen LogP contribution is 2.09. The molecular formula is C11H11F2NO4. The fraction of sp³-hybridized carbons (Fsp3) is 0.273. The van der Waals surface area contributed by atoms with Gasteiger partial charge in [-0.2, -0.15) is 0 Å². The monoisotopic (exact) mass is 259 g/mol. The smallest absolute Gasteiger partial charge is 0.332 e. The van der Waals surface area contributed by atoms with Gasteiger partial charge in [-0.05, 0) is 12.1 Å². The molecule has 0 aliphatic carbocycles. The van der Waals surface area contributed by atoms with E-state index in [4.69, 9.17) is 10.2 Å². The summed E-state index contributed by atoms with van der Waals surface area (Å²) in [6, 6.07) is 2.48. The third kappa shape index (κ3) is 3.77. The van der Waals surface area contributed by atoms with Crippen molar-refractivity contribution in [1.29, 1.82) is 0 Å². The molecule has 0 aliphatic heterocycles. The number of amides is 1. The second kappa shape index (κ2) is 6.06. The molecule has 5 nitrogen and oxygen atoms in total. The Morgan fingerprint density at radius 1 is 1.33 bits per heavy atom. The molecule has 0 aromatic heterocycles. The van der Waals surface area contributed by atoms with Gasteiger partial charge in [0, 0.05) is 19.0 Å². The molecule has 1 aromatic rings. The maximum atomic E-state index is 13.2. The summed E-state index contributed by atoms with van der Waals surface area (Å²) in [5.74, 6) is -4.01. The molecule has 0 saturated heterocycles. The predicted molar refractivity (Wildman–Crippen MR) is 57.0 cm³/mol. The van der Waals surface area contributed by atoms with Crippen LogP contribution >= 0.6 is 0 Å². The van der Waals surface area contributed by atoms with Crippen molar-refractivity contribution in [3.05, 3.63) is 35.4 Å². The van der Waals surface area contributed by atoms with E-state index in [1.165, 1.54) is 0 Å². The number of hydrogen-bond donors (Lipinski definition) is 3. The largest absolute Gasteiger partial charge is 0.479 e.